The molecular formula is C63H46BNO2. The molecule has 0 unspecified atom stereocenters. The zero-order valence-electron chi connectivity index (χ0n) is 38.2. The summed E-state index contributed by atoms with van der Waals surface area (Å²) in [6.07, 6.45) is 0. The Morgan fingerprint density at radius 3 is 1.91 bits per heavy atom. The number of anilines is 3. The average Bonchev–Trinajstić information content (AvgIpc) is 3.72. The lowest BCUT2D eigenvalue weighted by Crippen LogP contribution is -2.55. The molecule has 0 saturated carbocycles. The number of hydrogen-bond acceptors (Lipinski definition) is 3. The highest BCUT2D eigenvalue weighted by atomic mass is 16.5. The van der Waals surface area contributed by atoms with Gasteiger partial charge < -0.3 is 14.1 Å². The molecule has 0 amide bonds. The normalized spacial score (nSPS) is 12.1. The van der Waals surface area contributed by atoms with Crippen molar-refractivity contribution in [1.82, 2.24) is 0 Å². The first-order chi connectivity index (χ1) is 32.8. The number of rotatable bonds is 6. The molecule has 3 nitrogen and oxygen atoms in total. The Labute approximate surface area is 390 Å². The van der Waals surface area contributed by atoms with Crippen molar-refractivity contribution in [3.63, 3.8) is 0 Å². The summed E-state index contributed by atoms with van der Waals surface area (Å²) in [4.78, 5) is 2.32. The largest absolute Gasteiger partial charge is 0.456 e. The third kappa shape index (κ3) is 6.13. The molecule has 2 heterocycles. The summed E-state index contributed by atoms with van der Waals surface area (Å²) in [6, 6.07) is 68.9. The van der Waals surface area contributed by atoms with Gasteiger partial charge >= 0.3 is 0 Å². The molecule has 4 heteroatoms. The maximum Gasteiger partial charge on any atom is 0.243 e. The first kappa shape index (κ1) is 39.3. The second-order valence-corrected chi connectivity index (χ2v) is 18.7. The molecule has 0 bridgehead atoms. The molecule has 0 atom stereocenters. The SMILES string of the molecule is Cc1ccc(B(c2c(C)cc(C)cc2C)c2cc3c4cccc5c4c(cc3c3ccccc23)-c2ccc(N(c3ccc4ccccc4c3)c3cccc4c3oc3ccccc34)cc2O5)c(C)c1. The number of ether oxygens (including phenoxy) is 1. The van der Waals surface area contributed by atoms with Crippen LogP contribution in [0.3, 0.4) is 0 Å². The molecule has 11 aromatic carbocycles. The minimum absolute atomic E-state index is 0.0349. The van der Waals surface area contributed by atoms with Crippen molar-refractivity contribution in [2.24, 2.45) is 0 Å². The van der Waals surface area contributed by atoms with Gasteiger partial charge in [-0.1, -0.05) is 178 Å². The lowest BCUT2D eigenvalue weighted by molar-refractivity contribution is 0.487. The number of fused-ring (bicyclic) bond motifs is 10. The molecule has 67 heavy (non-hydrogen) atoms. The van der Waals surface area contributed by atoms with Crippen LogP contribution in [0.5, 0.6) is 11.5 Å². The van der Waals surface area contributed by atoms with E-state index in [-0.39, 0.29) is 6.71 Å². The number of para-hydroxylation sites is 2. The Morgan fingerprint density at radius 2 is 1.07 bits per heavy atom. The number of nitrogens with zero attached hydrogens (tertiary/aromatic N) is 1. The number of benzene rings is 11. The van der Waals surface area contributed by atoms with Crippen LogP contribution in [0.25, 0.3) is 76.2 Å². The molecule has 0 saturated heterocycles. The van der Waals surface area contributed by atoms with Gasteiger partial charge in [0.05, 0.1) is 11.4 Å². The van der Waals surface area contributed by atoms with E-state index in [0.29, 0.717) is 0 Å². The lowest BCUT2D eigenvalue weighted by atomic mass is 9.34. The van der Waals surface area contributed by atoms with Crippen molar-refractivity contribution in [2.75, 3.05) is 4.90 Å². The van der Waals surface area contributed by atoms with Gasteiger partial charge in [0.1, 0.15) is 17.1 Å². The van der Waals surface area contributed by atoms with Crippen molar-refractivity contribution in [3.05, 3.63) is 216 Å². The van der Waals surface area contributed by atoms with Crippen molar-refractivity contribution >= 4 is 105 Å². The molecule has 13 rings (SSSR count). The molecular weight excluding hydrogens is 814 g/mol. The molecule has 1 aliphatic rings. The summed E-state index contributed by atoms with van der Waals surface area (Å²) in [6.45, 7) is 11.3. The molecule has 0 N–H and O–H groups in total. The summed E-state index contributed by atoms with van der Waals surface area (Å²) >= 11 is 0. The fourth-order valence-electron chi connectivity index (χ4n) is 11.6. The zero-order valence-corrected chi connectivity index (χ0v) is 38.2. The Balaban J connectivity index is 1.03. The van der Waals surface area contributed by atoms with Gasteiger partial charge in [0.2, 0.25) is 6.71 Å². The predicted octanol–water partition coefficient (Wildman–Crippen LogP) is 15.5. The molecule has 0 radical (unpaired) electrons. The first-order valence-electron chi connectivity index (χ1n) is 23.3. The first-order valence-corrected chi connectivity index (χ1v) is 23.3. The fourth-order valence-corrected chi connectivity index (χ4v) is 11.6. The van der Waals surface area contributed by atoms with E-state index in [0.717, 1.165) is 61.4 Å². The third-order valence-corrected chi connectivity index (χ3v) is 14.4. The smallest absolute Gasteiger partial charge is 0.243 e. The number of aryl methyl sites for hydroxylation is 5. The molecule has 318 valence electrons. The summed E-state index contributed by atoms with van der Waals surface area (Å²) in [5.41, 5.74) is 17.5. The standard InChI is InChI=1S/C63H46BNO2/c1-37-24-29-55(39(3)30-37)64(62-40(4)31-38(2)32-41(62)5)56-36-53-50-19-13-23-59-61(50)54(35-52(53)46-16-8-9-17-47(46)56)49-28-27-45(34-60(49)66-59)65(44-26-25-42-14-6-7-15-43(42)33-44)57-21-12-20-51-48-18-10-11-22-58(48)67-63(51)57/h6-36H,1-5H3. The quantitative estimate of drug-likeness (QED) is 0.123. The van der Waals surface area contributed by atoms with Gasteiger partial charge in [-0.2, -0.15) is 0 Å². The fraction of sp³-hybridized carbons (Fsp3) is 0.0794. The van der Waals surface area contributed by atoms with Crippen LogP contribution < -0.4 is 26.0 Å². The zero-order chi connectivity index (χ0) is 45.1. The summed E-state index contributed by atoms with van der Waals surface area (Å²) in [5.74, 6) is 1.68. The summed E-state index contributed by atoms with van der Waals surface area (Å²) in [7, 11) is 0. The minimum atomic E-state index is 0.0349. The van der Waals surface area contributed by atoms with E-state index >= 15 is 0 Å². The maximum absolute atomic E-state index is 7.09. The Morgan fingerprint density at radius 1 is 0.403 bits per heavy atom. The Bertz CT molecular complexity index is 4030. The van der Waals surface area contributed by atoms with Crippen LogP contribution >= 0.6 is 0 Å². The van der Waals surface area contributed by atoms with Crippen LogP contribution in [0.1, 0.15) is 27.8 Å². The van der Waals surface area contributed by atoms with E-state index in [1.165, 1.54) is 87.5 Å². The van der Waals surface area contributed by atoms with E-state index in [2.05, 4.69) is 215 Å². The van der Waals surface area contributed by atoms with E-state index in [4.69, 9.17) is 9.15 Å². The second-order valence-electron chi connectivity index (χ2n) is 18.7. The highest BCUT2D eigenvalue weighted by Gasteiger charge is 2.31. The highest BCUT2D eigenvalue weighted by molar-refractivity contribution is 6.97. The van der Waals surface area contributed by atoms with Gasteiger partial charge in [0.25, 0.3) is 0 Å². The molecule has 0 aliphatic carbocycles. The van der Waals surface area contributed by atoms with Crippen LogP contribution in [-0.2, 0) is 0 Å². The monoisotopic (exact) mass is 859 g/mol. The minimum Gasteiger partial charge on any atom is -0.456 e. The van der Waals surface area contributed by atoms with Gasteiger partial charge in [-0.25, -0.2) is 0 Å². The van der Waals surface area contributed by atoms with Crippen LogP contribution in [-0.4, -0.2) is 6.71 Å². The number of furan rings is 1. The molecule has 12 aromatic rings. The Kier molecular flexibility index (Phi) is 8.79. The molecule has 0 fully saturated rings. The maximum atomic E-state index is 7.09. The van der Waals surface area contributed by atoms with E-state index in [9.17, 15) is 0 Å². The Hall–Kier alpha value is -8.08. The topological polar surface area (TPSA) is 25.6 Å². The van der Waals surface area contributed by atoms with Gasteiger partial charge in [-0.15, -0.1) is 0 Å². The predicted molar refractivity (Wildman–Crippen MR) is 285 cm³/mol. The van der Waals surface area contributed by atoms with E-state index in [1.54, 1.807) is 0 Å². The molecule has 1 aromatic heterocycles. The van der Waals surface area contributed by atoms with Crippen LogP contribution in [0.4, 0.5) is 17.1 Å². The van der Waals surface area contributed by atoms with Crippen molar-refractivity contribution in [3.8, 4) is 22.6 Å². The van der Waals surface area contributed by atoms with Crippen molar-refractivity contribution in [2.45, 2.75) is 34.6 Å². The molecule has 0 spiro atoms. The third-order valence-electron chi connectivity index (χ3n) is 14.4. The summed E-state index contributed by atoms with van der Waals surface area (Å²) < 4.78 is 13.8. The second kappa shape index (κ2) is 15.0. The lowest BCUT2D eigenvalue weighted by Gasteiger charge is -2.29. The van der Waals surface area contributed by atoms with Gasteiger partial charge in [0, 0.05) is 33.5 Å². The van der Waals surface area contributed by atoms with Crippen LogP contribution in [0.15, 0.2) is 192 Å². The highest BCUT2D eigenvalue weighted by Crippen LogP contribution is 2.52. The molecule has 1 aliphatic heterocycles. The van der Waals surface area contributed by atoms with Crippen LogP contribution in [0, 0.1) is 34.6 Å². The van der Waals surface area contributed by atoms with Gasteiger partial charge in [-0.3, -0.25) is 0 Å². The van der Waals surface area contributed by atoms with E-state index in [1.807, 2.05) is 12.1 Å². The van der Waals surface area contributed by atoms with Gasteiger partial charge in [0.15, 0.2) is 5.58 Å². The van der Waals surface area contributed by atoms with E-state index < -0.39 is 0 Å². The van der Waals surface area contributed by atoms with Gasteiger partial charge in [-0.05, 0) is 126 Å². The van der Waals surface area contributed by atoms with Crippen molar-refractivity contribution < 1.29 is 9.15 Å². The average molecular weight is 860 g/mol. The van der Waals surface area contributed by atoms with Crippen molar-refractivity contribution in [1.29, 1.82) is 0 Å². The van der Waals surface area contributed by atoms with Crippen LogP contribution in [0.2, 0.25) is 0 Å². The number of hydrogen-bond donors (Lipinski definition) is 0. The summed E-state index contributed by atoms with van der Waals surface area (Å²) in [5, 5.41) is 11.9.